The van der Waals surface area contributed by atoms with Gasteiger partial charge in [0.05, 0.1) is 12.8 Å². The van der Waals surface area contributed by atoms with Crippen molar-refractivity contribution in [2.45, 2.75) is 13.1 Å². The highest BCUT2D eigenvalue weighted by atomic mass is 19.1. The molecule has 0 spiro atoms. The van der Waals surface area contributed by atoms with Gasteiger partial charge in [-0.15, -0.1) is 0 Å². The summed E-state index contributed by atoms with van der Waals surface area (Å²) in [6.07, 6.45) is 1.45. The second-order valence-corrected chi connectivity index (χ2v) is 8.02. The molecule has 1 fully saturated rings. The summed E-state index contributed by atoms with van der Waals surface area (Å²) in [5.74, 6) is -0.856. The molecular formula is C23H22FN5O4. The van der Waals surface area contributed by atoms with Crippen molar-refractivity contribution in [3.63, 3.8) is 0 Å². The fourth-order valence-electron chi connectivity index (χ4n) is 4.16. The van der Waals surface area contributed by atoms with Gasteiger partial charge in [0.25, 0.3) is 17.7 Å². The van der Waals surface area contributed by atoms with E-state index >= 15 is 0 Å². The lowest BCUT2D eigenvalue weighted by atomic mass is 10.1. The summed E-state index contributed by atoms with van der Waals surface area (Å²) >= 11 is 0. The number of hydrogen-bond donors (Lipinski definition) is 0. The number of carbonyl (C=O) groups is 3. The molecule has 0 radical (unpaired) electrons. The number of amides is 3. The zero-order chi connectivity index (χ0) is 22.9. The molecule has 0 bridgehead atoms. The highest BCUT2D eigenvalue weighted by molar-refractivity contribution is 5.98. The van der Waals surface area contributed by atoms with Gasteiger partial charge in [-0.05, 0) is 18.2 Å². The Morgan fingerprint density at radius 1 is 0.939 bits per heavy atom. The van der Waals surface area contributed by atoms with Crippen LogP contribution in [0.4, 0.5) is 4.39 Å². The van der Waals surface area contributed by atoms with Gasteiger partial charge in [-0.3, -0.25) is 19.1 Å². The van der Waals surface area contributed by atoms with Crippen LogP contribution in [0.3, 0.4) is 0 Å². The first kappa shape index (κ1) is 20.9. The first-order chi connectivity index (χ1) is 16.0. The van der Waals surface area contributed by atoms with Crippen LogP contribution in [0.5, 0.6) is 0 Å². The van der Waals surface area contributed by atoms with Crippen molar-refractivity contribution in [2.24, 2.45) is 0 Å². The maximum atomic E-state index is 14.0. The summed E-state index contributed by atoms with van der Waals surface area (Å²) in [5.41, 5.74) is 0.946. The Kier molecular flexibility index (Phi) is 5.41. The SMILES string of the molecule is O=C(c1cc2n(n1)CCN(Cc1ccccc1F)C2=O)N1CCN(C(=O)c2ccco2)CC1. The fourth-order valence-corrected chi connectivity index (χ4v) is 4.16. The predicted octanol–water partition coefficient (Wildman–Crippen LogP) is 1.87. The third kappa shape index (κ3) is 3.99. The van der Waals surface area contributed by atoms with E-state index in [4.69, 9.17) is 4.42 Å². The lowest BCUT2D eigenvalue weighted by molar-refractivity contribution is 0.0514. The molecule has 2 aromatic heterocycles. The fraction of sp³-hybridized carbons (Fsp3) is 0.304. The molecule has 3 aromatic rings. The van der Waals surface area contributed by atoms with Crippen molar-refractivity contribution >= 4 is 17.7 Å². The number of furan rings is 1. The molecule has 0 atom stereocenters. The molecule has 9 nitrogen and oxygen atoms in total. The summed E-state index contributed by atoms with van der Waals surface area (Å²) in [6.45, 7) is 2.45. The Morgan fingerprint density at radius 3 is 2.36 bits per heavy atom. The van der Waals surface area contributed by atoms with Gasteiger partial charge in [-0.2, -0.15) is 5.10 Å². The lowest BCUT2D eigenvalue weighted by Crippen LogP contribution is -2.50. The third-order valence-corrected chi connectivity index (χ3v) is 5.99. The molecule has 5 rings (SSSR count). The Bertz CT molecular complexity index is 1200. The molecule has 10 heteroatoms. The minimum absolute atomic E-state index is 0.158. The van der Waals surface area contributed by atoms with Crippen LogP contribution in [-0.4, -0.2) is 74.9 Å². The van der Waals surface area contributed by atoms with E-state index in [0.29, 0.717) is 50.5 Å². The minimum Gasteiger partial charge on any atom is -0.459 e. The van der Waals surface area contributed by atoms with Gasteiger partial charge < -0.3 is 19.1 Å². The van der Waals surface area contributed by atoms with E-state index in [0.717, 1.165) is 0 Å². The molecule has 0 saturated carbocycles. The summed E-state index contributed by atoms with van der Waals surface area (Å²) < 4.78 is 20.7. The van der Waals surface area contributed by atoms with Gasteiger partial charge in [0.15, 0.2) is 11.5 Å². The number of fused-ring (bicyclic) bond motifs is 1. The van der Waals surface area contributed by atoms with E-state index in [9.17, 15) is 18.8 Å². The first-order valence-corrected chi connectivity index (χ1v) is 10.7. The highest BCUT2D eigenvalue weighted by Crippen LogP contribution is 2.19. The molecule has 0 unspecified atom stereocenters. The van der Waals surface area contributed by atoms with Gasteiger partial charge in [-0.1, -0.05) is 18.2 Å². The monoisotopic (exact) mass is 451 g/mol. The van der Waals surface area contributed by atoms with Crippen LogP contribution >= 0.6 is 0 Å². The van der Waals surface area contributed by atoms with Crippen molar-refractivity contribution in [1.29, 1.82) is 0 Å². The van der Waals surface area contributed by atoms with Crippen LogP contribution in [0.1, 0.15) is 37.1 Å². The molecule has 0 N–H and O–H groups in total. The van der Waals surface area contributed by atoms with Crippen LogP contribution in [0.2, 0.25) is 0 Å². The minimum atomic E-state index is -0.357. The van der Waals surface area contributed by atoms with Crippen LogP contribution in [0.25, 0.3) is 0 Å². The smallest absolute Gasteiger partial charge is 0.289 e. The number of nitrogens with zero attached hydrogens (tertiary/aromatic N) is 5. The Balaban J connectivity index is 1.24. The second kappa shape index (κ2) is 8.53. The van der Waals surface area contributed by atoms with Gasteiger partial charge in [-0.25, -0.2) is 4.39 Å². The van der Waals surface area contributed by atoms with Crippen molar-refractivity contribution in [1.82, 2.24) is 24.5 Å². The number of rotatable bonds is 4. The Labute approximate surface area is 189 Å². The lowest BCUT2D eigenvalue weighted by Gasteiger charge is -2.33. The maximum Gasteiger partial charge on any atom is 0.289 e. The van der Waals surface area contributed by atoms with Crippen molar-refractivity contribution in [2.75, 3.05) is 32.7 Å². The molecule has 3 amide bonds. The first-order valence-electron chi connectivity index (χ1n) is 10.7. The molecule has 170 valence electrons. The Morgan fingerprint density at radius 2 is 1.67 bits per heavy atom. The normalized spacial score (nSPS) is 16.2. The van der Waals surface area contributed by atoms with Gasteiger partial charge in [0.2, 0.25) is 0 Å². The van der Waals surface area contributed by atoms with Gasteiger partial charge >= 0.3 is 0 Å². The van der Waals surface area contributed by atoms with E-state index < -0.39 is 0 Å². The molecule has 1 aromatic carbocycles. The van der Waals surface area contributed by atoms with Crippen LogP contribution in [0, 0.1) is 5.82 Å². The molecule has 2 aliphatic rings. The van der Waals surface area contributed by atoms with Crippen LogP contribution in [-0.2, 0) is 13.1 Å². The van der Waals surface area contributed by atoms with Crippen LogP contribution < -0.4 is 0 Å². The predicted molar refractivity (Wildman–Crippen MR) is 114 cm³/mol. The van der Waals surface area contributed by atoms with Crippen molar-refractivity contribution < 1.29 is 23.2 Å². The van der Waals surface area contributed by atoms with E-state index in [1.807, 2.05) is 0 Å². The van der Waals surface area contributed by atoms with Crippen LogP contribution in [0.15, 0.2) is 53.1 Å². The van der Waals surface area contributed by atoms with Gasteiger partial charge in [0.1, 0.15) is 11.5 Å². The quantitative estimate of drug-likeness (QED) is 0.604. The average molecular weight is 451 g/mol. The number of piperazine rings is 1. The van der Waals surface area contributed by atoms with Gasteiger partial charge in [0, 0.05) is 50.9 Å². The number of carbonyl (C=O) groups excluding carboxylic acids is 3. The zero-order valence-electron chi connectivity index (χ0n) is 17.8. The standard InChI is InChI=1S/C23H22FN5O4/c24-17-5-2-1-4-16(17)15-28-11-12-29-19(22(28)31)14-18(25-29)21(30)26-7-9-27(10-8-26)23(32)20-6-3-13-33-20/h1-6,13-14H,7-12,15H2. The molecule has 4 heterocycles. The van der Waals surface area contributed by atoms with E-state index in [1.54, 1.807) is 45.0 Å². The van der Waals surface area contributed by atoms with Crippen molar-refractivity contribution in [3.05, 3.63) is 77.3 Å². The summed E-state index contributed by atoms with van der Waals surface area (Å²) in [6, 6.07) is 11.1. The highest BCUT2D eigenvalue weighted by Gasteiger charge is 2.31. The van der Waals surface area contributed by atoms with E-state index in [2.05, 4.69) is 5.10 Å². The number of benzene rings is 1. The Hall–Kier alpha value is -3.95. The molecule has 2 aliphatic heterocycles. The summed E-state index contributed by atoms with van der Waals surface area (Å²) in [4.78, 5) is 43.2. The topological polar surface area (TPSA) is 91.9 Å². The average Bonchev–Trinajstić information content (AvgIpc) is 3.52. The third-order valence-electron chi connectivity index (χ3n) is 5.99. The number of halogens is 1. The van der Waals surface area contributed by atoms with Crippen molar-refractivity contribution in [3.8, 4) is 0 Å². The molecule has 1 saturated heterocycles. The van der Waals surface area contributed by atoms with E-state index in [1.165, 1.54) is 23.1 Å². The number of hydrogen-bond acceptors (Lipinski definition) is 5. The summed E-state index contributed by atoms with van der Waals surface area (Å²) in [5, 5.41) is 4.34. The maximum absolute atomic E-state index is 14.0. The summed E-state index contributed by atoms with van der Waals surface area (Å²) in [7, 11) is 0. The zero-order valence-corrected chi connectivity index (χ0v) is 17.8. The molecular weight excluding hydrogens is 429 g/mol. The number of aromatic nitrogens is 2. The largest absolute Gasteiger partial charge is 0.459 e. The van der Waals surface area contributed by atoms with E-state index in [-0.39, 0.29) is 41.5 Å². The second-order valence-electron chi connectivity index (χ2n) is 8.02. The molecule has 33 heavy (non-hydrogen) atoms. The molecule has 0 aliphatic carbocycles.